The molecule has 3 rings (SSSR count). The first-order chi connectivity index (χ1) is 16.3. The van der Waals surface area contributed by atoms with E-state index in [9.17, 15) is 29.4 Å². The minimum Gasteiger partial charge on any atom is -0.481 e. The fourth-order valence-corrected chi connectivity index (χ4v) is 3.88. The number of carboxylic acid groups (broad SMARTS) is 1. The maximum absolute atomic E-state index is 12.6. The molecule has 182 valence electrons. The van der Waals surface area contributed by atoms with Gasteiger partial charge in [0.1, 0.15) is 6.10 Å². The van der Waals surface area contributed by atoms with Crippen LogP contribution in [0.4, 0.5) is 10.5 Å². The second-order valence-electron chi connectivity index (χ2n) is 8.11. The van der Waals surface area contributed by atoms with Gasteiger partial charge in [0, 0.05) is 38.3 Å². The number of fused-ring (bicyclic) bond motifs is 1. The molecule has 2 aromatic carbocycles. The van der Waals surface area contributed by atoms with E-state index in [2.05, 4.69) is 5.32 Å². The van der Waals surface area contributed by atoms with Gasteiger partial charge in [-0.05, 0) is 36.2 Å². The number of aliphatic hydroxyl groups is 1. The summed E-state index contributed by atoms with van der Waals surface area (Å²) in [7, 11) is 0. The molecule has 1 saturated heterocycles. The highest BCUT2D eigenvalue weighted by Crippen LogP contribution is 2.21. The van der Waals surface area contributed by atoms with Crippen molar-refractivity contribution in [3.63, 3.8) is 0 Å². The zero-order valence-electron chi connectivity index (χ0n) is 19.0. The molecule has 2 aromatic rings. The number of anilines is 1. The molecule has 1 aliphatic heterocycles. The van der Waals surface area contributed by atoms with Gasteiger partial charge in [0.2, 0.25) is 5.91 Å². The number of carboxylic acids is 1. The first-order valence-corrected chi connectivity index (χ1v) is 11.2. The monoisotopic (exact) mass is 471 g/mol. The summed E-state index contributed by atoms with van der Waals surface area (Å²) in [4.78, 5) is 51.4. The van der Waals surface area contributed by atoms with Crippen molar-refractivity contribution >= 4 is 40.3 Å². The number of piperazine rings is 1. The normalized spacial score (nSPS) is 15.5. The first-order valence-electron chi connectivity index (χ1n) is 11.2. The fraction of sp³-hybridized carbons (Fsp3) is 0.417. The van der Waals surface area contributed by atoms with Crippen molar-refractivity contribution in [1.29, 1.82) is 0 Å². The Morgan fingerprint density at radius 1 is 1.00 bits per heavy atom. The molecule has 0 saturated carbocycles. The number of benzene rings is 2. The van der Waals surface area contributed by atoms with Crippen LogP contribution in [0.25, 0.3) is 10.8 Å². The van der Waals surface area contributed by atoms with Gasteiger partial charge in [0.25, 0.3) is 5.91 Å². The molecule has 0 aliphatic carbocycles. The predicted octanol–water partition coefficient (Wildman–Crippen LogP) is 1.92. The molecule has 3 amide bonds. The molecule has 1 fully saturated rings. The van der Waals surface area contributed by atoms with Gasteiger partial charge in [-0.1, -0.05) is 30.3 Å². The van der Waals surface area contributed by atoms with E-state index >= 15 is 0 Å². The second-order valence-corrected chi connectivity index (χ2v) is 8.11. The number of hydrogen-bond acceptors (Lipinski definition) is 6. The zero-order chi connectivity index (χ0) is 24.7. The van der Waals surface area contributed by atoms with Crippen molar-refractivity contribution < 1.29 is 34.1 Å². The van der Waals surface area contributed by atoms with Crippen molar-refractivity contribution in [2.75, 3.05) is 38.1 Å². The number of aliphatic hydroxyl groups excluding tert-OH is 1. The lowest BCUT2D eigenvalue weighted by Gasteiger charge is -2.35. The zero-order valence-corrected chi connectivity index (χ0v) is 19.0. The summed E-state index contributed by atoms with van der Waals surface area (Å²) >= 11 is 0. The Kier molecular flexibility index (Phi) is 8.42. The number of aliphatic carboxylic acids is 1. The highest BCUT2D eigenvalue weighted by molar-refractivity contribution is 5.96. The molecular formula is C24H29N3O7. The minimum atomic E-state index is -1.57. The lowest BCUT2D eigenvalue weighted by Crippen LogP contribution is -2.53. The summed E-state index contributed by atoms with van der Waals surface area (Å²) in [5, 5.41) is 24.5. The number of nitrogens with one attached hydrogen (secondary N) is 1. The highest BCUT2D eigenvalue weighted by Gasteiger charge is 2.32. The van der Waals surface area contributed by atoms with Crippen LogP contribution in [0.15, 0.2) is 42.5 Å². The van der Waals surface area contributed by atoms with Crippen LogP contribution in [0.1, 0.15) is 19.8 Å². The SMILES string of the molecule is CCOC(=O)N1CCN(C(=O)C(O)CC(CC(=O)Nc2ccc3ccccc3c2)C(=O)O)CC1. The topological polar surface area (TPSA) is 136 Å². The van der Waals surface area contributed by atoms with Crippen LogP contribution < -0.4 is 5.32 Å². The number of hydrogen-bond donors (Lipinski definition) is 3. The summed E-state index contributed by atoms with van der Waals surface area (Å²) in [6.45, 7) is 2.88. The number of rotatable bonds is 8. The Hall–Kier alpha value is -3.66. The summed E-state index contributed by atoms with van der Waals surface area (Å²) in [6, 6.07) is 13.0. The first kappa shape index (κ1) is 25.0. The number of carbonyl (C=O) groups is 4. The molecule has 10 heteroatoms. The van der Waals surface area contributed by atoms with E-state index < -0.39 is 42.3 Å². The Morgan fingerprint density at radius 3 is 2.29 bits per heavy atom. The van der Waals surface area contributed by atoms with Crippen LogP contribution in [0.5, 0.6) is 0 Å². The van der Waals surface area contributed by atoms with E-state index in [0.717, 1.165) is 10.8 Å². The lowest BCUT2D eigenvalue weighted by atomic mass is 9.96. The van der Waals surface area contributed by atoms with Gasteiger partial charge in [-0.25, -0.2) is 4.79 Å². The van der Waals surface area contributed by atoms with Gasteiger partial charge < -0.3 is 30.1 Å². The Bertz CT molecular complexity index is 1050. The third-order valence-corrected chi connectivity index (χ3v) is 5.72. The third kappa shape index (κ3) is 6.44. The van der Waals surface area contributed by atoms with Gasteiger partial charge in [-0.2, -0.15) is 0 Å². The van der Waals surface area contributed by atoms with Crippen LogP contribution >= 0.6 is 0 Å². The standard InChI is InChI=1S/C24H29N3O7/c1-2-34-24(33)27-11-9-26(10-12-27)22(30)20(28)14-18(23(31)32)15-21(29)25-19-8-7-16-5-3-4-6-17(16)13-19/h3-8,13,18,20,28H,2,9-12,14-15H2,1H3,(H,25,29)(H,31,32). The Balaban J connectivity index is 1.53. The molecule has 1 aliphatic rings. The lowest BCUT2D eigenvalue weighted by molar-refractivity contribution is -0.148. The second kappa shape index (κ2) is 11.5. The van der Waals surface area contributed by atoms with Crippen LogP contribution in [0.2, 0.25) is 0 Å². The summed E-state index contributed by atoms with van der Waals surface area (Å²) in [5.74, 6) is -3.65. The molecule has 1 heterocycles. The Morgan fingerprint density at radius 2 is 1.65 bits per heavy atom. The van der Waals surface area contributed by atoms with Crippen molar-refractivity contribution in [1.82, 2.24) is 9.80 Å². The summed E-state index contributed by atoms with van der Waals surface area (Å²) in [5.41, 5.74) is 0.531. The van der Waals surface area contributed by atoms with E-state index in [-0.39, 0.29) is 39.2 Å². The molecule has 0 aromatic heterocycles. The van der Waals surface area contributed by atoms with Gasteiger partial charge >= 0.3 is 12.1 Å². The Labute approximate surface area is 197 Å². The van der Waals surface area contributed by atoms with Crippen molar-refractivity contribution in [3.8, 4) is 0 Å². The average Bonchev–Trinajstić information content (AvgIpc) is 2.83. The third-order valence-electron chi connectivity index (χ3n) is 5.72. The quantitative estimate of drug-likeness (QED) is 0.535. The van der Waals surface area contributed by atoms with Crippen LogP contribution in [-0.4, -0.2) is 82.8 Å². The molecule has 2 atom stereocenters. The van der Waals surface area contributed by atoms with Crippen molar-refractivity contribution in [3.05, 3.63) is 42.5 Å². The molecule has 3 N–H and O–H groups in total. The average molecular weight is 472 g/mol. The highest BCUT2D eigenvalue weighted by atomic mass is 16.6. The van der Waals surface area contributed by atoms with Gasteiger partial charge in [-0.3, -0.25) is 14.4 Å². The van der Waals surface area contributed by atoms with Crippen LogP contribution in [0, 0.1) is 5.92 Å². The number of ether oxygens (including phenoxy) is 1. The van der Waals surface area contributed by atoms with E-state index in [4.69, 9.17) is 4.74 Å². The molecular weight excluding hydrogens is 442 g/mol. The predicted molar refractivity (Wildman–Crippen MR) is 124 cm³/mol. The largest absolute Gasteiger partial charge is 0.481 e. The smallest absolute Gasteiger partial charge is 0.409 e. The van der Waals surface area contributed by atoms with Gasteiger partial charge in [0.05, 0.1) is 12.5 Å². The van der Waals surface area contributed by atoms with Crippen LogP contribution in [0.3, 0.4) is 0 Å². The van der Waals surface area contributed by atoms with E-state index in [1.807, 2.05) is 30.3 Å². The van der Waals surface area contributed by atoms with Crippen LogP contribution in [-0.2, 0) is 19.1 Å². The summed E-state index contributed by atoms with van der Waals surface area (Å²) in [6.07, 6.45) is -2.80. The van der Waals surface area contributed by atoms with Gasteiger partial charge in [0.15, 0.2) is 0 Å². The summed E-state index contributed by atoms with van der Waals surface area (Å²) < 4.78 is 4.94. The van der Waals surface area contributed by atoms with Gasteiger partial charge in [-0.15, -0.1) is 0 Å². The maximum atomic E-state index is 12.6. The number of amides is 3. The molecule has 2 unspecified atom stereocenters. The molecule has 0 bridgehead atoms. The number of nitrogens with zero attached hydrogens (tertiary/aromatic N) is 2. The minimum absolute atomic E-state index is 0.203. The molecule has 0 radical (unpaired) electrons. The molecule has 10 nitrogen and oxygen atoms in total. The van der Waals surface area contributed by atoms with E-state index in [1.54, 1.807) is 19.1 Å². The maximum Gasteiger partial charge on any atom is 0.409 e. The molecule has 34 heavy (non-hydrogen) atoms. The fourth-order valence-electron chi connectivity index (χ4n) is 3.88. The van der Waals surface area contributed by atoms with Crippen molar-refractivity contribution in [2.45, 2.75) is 25.9 Å². The number of carbonyl (C=O) groups excluding carboxylic acids is 3. The van der Waals surface area contributed by atoms with E-state index in [0.29, 0.717) is 5.69 Å². The van der Waals surface area contributed by atoms with E-state index in [1.165, 1.54) is 9.80 Å². The molecule has 0 spiro atoms. The van der Waals surface area contributed by atoms with Crippen molar-refractivity contribution in [2.24, 2.45) is 5.92 Å².